The second-order valence-corrected chi connectivity index (χ2v) is 4.41. The van der Waals surface area contributed by atoms with Gasteiger partial charge in [0.15, 0.2) is 0 Å². The van der Waals surface area contributed by atoms with E-state index in [4.69, 9.17) is 0 Å². The van der Waals surface area contributed by atoms with Gasteiger partial charge in [-0.3, -0.25) is 0 Å². The van der Waals surface area contributed by atoms with Crippen molar-refractivity contribution < 1.29 is 17.9 Å². The van der Waals surface area contributed by atoms with Crippen molar-refractivity contribution in [3.05, 3.63) is 34.3 Å². The average Bonchev–Trinajstić information content (AvgIpc) is 2.16. The Labute approximate surface area is 99.0 Å². The first-order valence-electron chi connectivity index (χ1n) is 4.69. The molecule has 1 aliphatic carbocycles. The van der Waals surface area contributed by atoms with Gasteiger partial charge in [-0.15, -0.1) is 13.2 Å². The lowest BCUT2D eigenvalue weighted by molar-refractivity contribution is -0.274. The molecule has 86 valence electrons. The summed E-state index contributed by atoms with van der Waals surface area (Å²) in [6.07, 6.45) is -2.67. The van der Waals surface area contributed by atoms with Crippen LogP contribution in [-0.2, 0) is 0 Å². The number of rotatable bonds is 2. The van der Waals surface area contributed by atoms with Crippen molar-refractivity contribution in [2.24, 2.45) is 0 Å². The molecular weight excluding hydrogens is 285 g/mol. The molecule has 1 aromatic rings. The molecular formula is C11H8BrF3O. The highest BCUT2D eigenvalue weighted by Crippen LogP contribution is 2.40. The molecule has 0 saturated carbocycles. The van der Waals surface area contributed by atoms with Crippen LogP contribution in [0.3, 0.4) is 0 Å². The lowest BCUT2D eigenvalue weighted by atomic mass is 9.92. The number of hydrogen-bond acceptors (Lipinski definition) is 1. The van der Waals surface area contributed by atoms with Gasteiger partial charge in [0.25, 0.3) is 0 Å². The second kappa shape index (κ2) is 4.13. The summed E-state index contributed by atoms with van der Waals surface area (Å²) in [6.45, 7) is 0. The minimum absolute atomic E-state index is 0.188. The summed E-state index contributed by atoms with van der Waals surface area (Å²) in [6, 6.07) is 5.93. The Morgan fingerprint density at radius 2 is 1.69 bits per heavy atom. The van der Waals surface area contributed by atoms with Crippen LogP contribution in [0.1, 0.15) is 18.4 Å². The van der Waals surface area contributed by atoms with E-state index < -0.39 is 6.36 Å². The van der Waals surface area contributed by atoms with Crippen molar-refractivity contribution >= 4 is 21.5 Å². The summed E-state index contributed by atoms with van der Waals surface area (Å²) in [4.78, 5) is 0. The Hall–Kier alpha value is -0.970. The molecule has 1 aromatic carbocycles. The first-order chi connectivity index (χ1) is 7.46. The Morgan fingerprint density at radius 3 is 2.06 bits per heavy atom. The summed E-state index contributed by atoms with van der Waals surface area (Å²) in [7, 11) is 0. The first-order valence-corrected chi connectivity index (χ1v) is 5.49. The summed E-state index contributed by atoms with van der Waals surface area (Å²) < 4.78 is 40.6. The molecule has 0 heterocycles. The van der Waals surface area contributed by atoms with Crippen LogP contribution in [0.25, 0.3) is 5.57 Å². The number of halogens is 4. The fourth-order valence-electron chi connectivity index (χ4n) is 1.50. The van der Waals surface area contributed by atoms with Crippen molar-refractivity contribution in [3.63, 3.8) is 0 Å². The van der Waals surface area contributed by atoms with E-state index in [-0.39, 0.29) is 5.75 Å². The van der Waals surface area contributed by atoms with Crippen LogP contribution < -0.4 is 4.74 Å². The van der Waals surface area contributed by atoms with E-state index >= 15 is 0 Å². The van der Waals surface area contributed by atoms with Crippen LogP contribution in [0.4, 0.5) is 13.2 Å². The van der Waals surface area contributed by atoms with Crippen molar-refractivity contribution in [2.75, 3.05) is 0 Å². The molecule has 0 bridgehead atoms. The van der Waals surface area contributed by atoms with Gasteiger partial charge in [0.05, 0.1) is 0 Å². The fourth-order valence-corrected chi connectivity index (χ4v) is 2.13. The number of benzene rings is 1. The lowest BCUT2D eigenvalue weighted by Crippen LogP contribution is -2.17. The Kier molecular flexibility index (Phi) is 2.97. The van der Waals surface area contributed by atoms with Crippen LogP contribution >= 0.6 is 15.9 Å². The summed E-state index contributed by atoms with van der Waals surface area (Å²) in [5, 5.41) is 0. The average molecular weight is 293 g/mol. The van der Waals surface area contributed by atoms with Gasteiger partial charge >= 0.3 is 6.36 Å². The maximum atomic E-state index is 11.9. The van der Waals surface area contributed by atoms with E-state index in [1.807, 2.05) is 0 Å². The highest BCUT2D eigenvalue weighted by molar-refractivity contribution is 9.11. The van der Waals surface area contributed by atoms with E-state index in [0.717, 1.165) is 28.5 Å². The first kappa shape index (κ1) is 11.5. The predicted octanol–water partition coefficient (Wildman–Crippen LogP) is 4.49. The van der Waals surface area contributed by atoms with Crippen LogP contribution in [0.2, 0.25) is 0 Å². The molecule has 0 unspecified atom stereocenters. The molecule has 0 fully saturated rings. The van der Waals surface area contributed by atoms with Crippen molar-refractivity contribution in [2.45, 2.75) is 19.2 Å². The SMILES string of the molecule is FC(F)(F)Oc1ccc(C2=C(Br)CC2)cc1. The van der Waals surface area contributed by atoms with Gasteiger partial charge in [0.1, 0.15) is 5.75 Å². The molecule has 0 N–H and O–H groups in total. The highest BCUT2D eigenvalue weighted by atomic mass is 79.9. The minimum Gasteiger partial charge on any atom is -0.406 e. The Bertz CT molecular complexity index is 420. The van der Waals surface area contributed by atoms with Gasteiger partial charge < -0.3 is 4.74 Å². The maximum Gasteiger partial charge on any atom is 0.573 e. The molecule has 1 nitrogen and oxygen atoms in total. The van der Waals surface area contributed by atoms with Crippen LogP contribution in [-0.4, -0.2) is 6.36 Å². The molecule has 0 amide bonds. The third-order valence-corrected chi connectivity index (χ3v) is 3.23. The predicted molar refractivity (Wildman–Crippen MR) is 58.2 cm³/mol. The molecule has 16 heavy (non-hydrogen) atoms. The van der Waals surface area contributed by atoms with Gasteiger partial charge in [-0.2, -0.15) is 0 Å². The molecule has 0 radical (unpaired) electrons. The highest BCUT2D eigenvalue weighted by Gasteiger charge is 2.31. The van der Waals surface area contributed by atoms with Gasteiger partial charge in [-0.25, -0.2) is 0 Å². The van der Waals surface area contributed by atoms with Crippen molar-refractivity contribution in [1.29, 1.82) is 0 Å². The van der Waals surface area contributed by atoms with Gasteiger partial charge in [0.2, 0.25) is 0 Å². The van der Waals surface area contributed by atoms with E-state index in [2.05, 4.69) is 20.7 Å². The van der Waals surface area contributed by atoms with Crippen LogP contribution in [0, 0.1) is 0 Å². The minimum atomic E-state index is -4.63. The van der Waals surface area contributed by atoms with E-state index in [9.17, 15) is 13.2 Å². The van der Waals surface area contributed by atoms with Gasteiger partial charge in [-0.05, 0) is 40.6 Å². The molecule has 0 spiro atoms. The summed E-state index contributed by atoms with van der Waals surface area (Å²) in [5.74, 6) is -0.188. The van der Waals surface area contributed by atoms with Crippen LogP contribution in [0.15, 0.2) is 28.7 Å². The normalized spacial score (nSPS) is 16.0. The zero-order chi connectivity index (χ0) is 11.8. The molecule has 1 aliphatic rings. The third-order valence-electron chi connectivity index (χ3n) is 2.36. The maximum absolute atomic E-state index is 11.9. The zero-order valence-corrected chi connectivity index (χ0v) is 9.73. The number of ether oxygens (including phenoxy) is 1. The number of alkyl halides is 3. The second-order valence-electron chi connectivity index (χ2n) is 3.46. The molecule has 5 heteroatoms. The Morgan fingerprint density at radius 1 is 1.06 bits per heavy atom. The van der Waals surface area contributed by atoms with Gasteiger partial charge in [0, 0.05) is 0 Å². The molecule has 0 aliphatic heterocycles. The zero-order valence-electron chi connectivity index (χ0n) is 8.14. The summed E-state index contributed by atoms with van der Waals surface area (Å²) >= 11 is 3.40. The summed E-state index contributed by atoms with van der Waals surface area (Å²) in [5.41, 5.74) is 2.09. The largest absolute Gasteiger partial charge is 0.573 e. The van der Waals surface area contributed by atoms with Crippen molar-refractivity contribution in [1.82, 2.24) is 0 Å². The number of allylic oxidation sites excluding steroid dienone is 2. The number of hydrogen-bond donors (Lipinski definition) is 0. The lowest BCUT2D eigenvalue weighted by Gasteiger charge is -2.19. The topological polar surface area (TPSA) is 9.23 Å². The molecule has 0 atom stereocenters. The Balaban J connectivity index is 2.14. The fraction of sp³-hybridized carbons (Fsp3) is 0.273. The quantitative estimate of drug-likeness (QED) is 0.781. The standard InChI is InChI=1S/C11H8BrF3O/c12-10-6-5-9(10)7-1-3-8(4-2-7)16-11(13,14)15/h1-4H,5-6H2. The van der Waals surface area contributed by atoms with Gasteiger partial charge in [-0.1, -0.05) is 28.1 Å². The molecule has 2 rings (SSSR count). The monoisotopic (exact) mass is 292 g/mol. The molecule has 0 aromatic heterocycles. The molecule has 0 saturated heterocycles. The van der Waals surface area contributed by atoms with E-state index in [0.29, 0.717) is 0 Å². The smallest absolute Gasteiger partial charge is 0.406 e. The van der Waals surface area contributed by atoms with Crippen molar-refractivity contribution in [3.8, 4) is 5.75 Å². The van der Waals surface area contributed by atoms with Crippen LogP contribution in [0.5, 0.6) is 5.75 Å². The third kappa shape index (κ3) is 2.58. The van der Waals surface area contributed by atoms with E-state index in [1.54, 1.807) is 12.1 Å². The van der Waals surface area contributed by atoms with E-state index in [1.165, 1.54) is 12.1 Å².